The molecule has 1 aromatic heterocycles. The Bertz CT molecular complexity index is 599. The first kappa shape index (κ1) is 16.6. The van der Waals surface area contributed by atoms with Gasteiger partial charge in [0.2, 0.25) is 0 Å². The number of H-pyrrole nitrogens is 1. The summed E-state index contributed by atoms with van der Waals surface area (Å²) >= 11 is 1.70. The molecule has 2 aromatic rings. The van der Waals surface area contributed by atoms with E-state index in [1.165, 1.54) is 23.0 Å². The second-order valence-corrected chi connectivity index (χ2v) is 5.97. The summed E-state index contributed by atoms with van der Waals surface area (Å²) in [5.74, 6) is -0.273. The Labute approximate surface area is 134 Å². The van der Waals surface area contributed by atoms with E-state index in [2.05, 4.69) is 27.4 Å². The number of imidazole rings is 1. The molecule has 0 spiro atoms. The van der Waals surface area contributed by atoms with Crippen molar-refractivity contribution >= 4 is 17.7 Å². The monoisotopic (exact) mass is 319 g/mol. The lowest BCUT2D eigenvalue weighted by atomic mass is 10.0. The normalized spacial score (nSPS) is 13.6. The average Bonchev–Trinajstić information content (AvgIpc) is 3.05. The zero-order valence-electron chi connectivity index (χ0n) is 12.7. The number of nitrogens with zero attached hydrogens (tertiary/aromatic N) is 1. The van der Waals surface area contributed by atoms with Crippen molar-refractivity contribution in [3.05, 3.63) is 48.0 Å². The van der Waals surface area contributed by atoms with Crippen molar-refractivity contribution in [2.24, 2.45) is 0 Å². The van der Waals surface area contributed by atoms with E-state index >= 15 is 0 Å². The van der Waals surface area contributed by atoms with Gasteiger partial charge in [-0.3, -0.25) is 4.79 Å². The zero-order chi connectivity index (χ0) is 15.9. The lowest BCUT2D eigenvalue weighted by molar-refractivity contribution is 0.0846. The minimum absolute atomic E-state index is 0.273. The van der Waals surface area contributed by atoms with Crippen LogP contribution in [0.1, 0.15) is 29.4 Å². The molecule has 2 rings (SSSR count). The van der Waals surface area contributed by atoms with Crippen molar-refractivity contribution in [3.8, 4) is 0 Å². The number of benzene rings is 1. The number of hydrogen-bond acceptors (Lipinski definition) is 4. The van der Waals surface area contributed by atoms with Gasteiger partial charge in [-0.05, 0) is 37.7 Å². The summed E-state index contributed by atoms with van der Waals surface area (Å²) in [4.78, 5) is 19.9. The molecule has 0 saturated heterocycles. The average molecular weight is 319 g/mol. The van der Waals surface area contributed by atoms with Crippen molar-refractivity contribution in [2.45, 2.75) is 36.8 Å². The molecule has 3 N–H and O–H groups in total. The number of aliphatic hydroxyl groups excluding tert-OH is 1. The number of hydrogen-bond donors (Lipinski definition) is 3. The molecule has 2 atom stereocenters. The van der Waals surface area contributed by atoms with Gasteiger partial charge in [0, 0.05) is 11.1 Å². The second kappa shape index (κ2) is 8.00. The summed E-state index contributed by atoms with van der Waals surface area (Å²) in [7, 11) is 0. The van der Waals surface area contributed by atoms with E-state index in [1.807, 2.05) is 18.4 Å². The number of carbonyl (C=O) groups is 1. The van der Waals surface area contributed by atoms with Gasteiger partial charge >= 0.3 is 0 Å². The molecule has 0 saturated carbocycles. The van der Waals surface area contributed by atoms with Crippen molar-refractivity contribution < 1.29 is 9.90 Å². The van der Waals surface area contributed by atoms with Crippen molar-refractivity contribution in [1.29, 1.82) is 0 Å². The third-order valence-corrected chi connectivity index (χ3v) is 4.38. The molecule has 0 unspecified atom stereocenters. The van der Waals surface area contributed by atoms with Crippen LogP contribution >= 0.6 is 11.8 Å². The van der Waals surface area contributed by atoms with Gasteiger partial charge in [0.15, 0.2) is 0 Å². The second-order valence-electron chi connectivity index (χ2n) is 5.13. The Morgan fingerprint density at radius 1 is 1.45 bits per heavy atom. The molecule has 0 fully saturated rings. The van der Waals surface area contributed by atoms with Crippen LogP contribution in [0.5, 0.6) is 0 Å². The van der Waals surface area contributed by atoms with Gasteiger partial charge < -0.3 is 15.4 Å². The van der Waals surface area contributed by atoms with Crippen LogP contribution in [0.25, 0.3) is 0 Å². The lowest BCUT2D eigenvalue weighted by Crippen LogP contribution is -2.42. The number of aromatic nitrogens is 2. The van der Waals surface area contributed by atoms with Crippen LogP contribution in [-0.2, 0) is 6.42 Å². The third kappa shape index (κ3) is 4.35. The lowest BCUT2D eigenvalue weighted by Gasteiger charge is -2.21. The Kier molecular flexibility index (Phi) is 6.03. The maximum Gasteiger partial charge on any atom is 0.271 e. The molecule has 0 aliphatic rings. The highest BCUT2D eigenvalue weighted by molar-refractivity contribution is 7.98. The van der Waals surface area contributed by atoms with E-state index in [0.29, 0.717) is 12.1 Å². The maximum atomic E-state index is 12.0. The van der Waals surface area contributed by atoms with Gasteiger partial charge in [-0.15, -0.1) is 11.8 Å². The molecule has 0 aliphatic carbocycles. The fraction of sp³-hybridized carbons (Fsp3) is 0.375. The summed E-state index contributed by atoms with van der Waals surface area (Å²) in [6, 6.07) is 7.88. The predicted octanol–water partition coefficient (Wildman–Crippen LogP) is 2.24. The smallest absolute Gasteiger partial charge is 0.271 e. The van der Waals surface area contributed by atoms with E-state index < -0.39 is 6.10 Å². The molecule has 1 aromatic carbocycles. The Morgan fingerprint density at radius 3 is 2.86 bits per heavy atom. The summed E-state index contributed by atoms with van der Waals surface area (Å²) in [6.07, 6.45) is 5.89. The van der Waals surface area contributed by atoms with E-state index in [9.17, 15) is 9.90 Å². The van der Waals surface area contributed by atoms with Gasteiger partial charge in [0.1, 0.15) is 5.69 Å². The molecule has 1 heterocycles. The van der Waals surface area contributed by atoms with Crippen LogP contribution in [0.3, 0.4) is 0 Å². The summed E-state index contributed by atoms with van der Waals surface area (Å²) < 4.78 is 0. The minimum Gasteiger partial charge on any atom is -0.391 e. The molecule has 1 amide bonds. The van der Waals surface area contributed by atoms with Gasteiger partial charge in [-0.2, -0.15) is 0 Å². The number of thioether (sulfide) groups is 1. The highest BCUT2D eigenvalue weighted by Crippen LogP contribution is 2.21. The topological polar surface area (TPSA) is 78.0 Å². The summed E-state index contributed by atoms with van der Waals surface area (Å²) in [5.41, 5.74) is 1.56. The van der Waals surface area contributed by atoms with Gasteiger partial charge in [-0.25, -0.2) is 4.98 Å². The highest BCUT2D eigenvalue weighted by Gasteiger charge is 2.19. The first-order chi connectivity index (χ1) is 10.6. The molecular weight excluding hydrogens is 298 g/mol. The molecule has 5 nitrogen and oxygen atoms in total. The fourth-order valence-corrected chi connectivity index (χ4v) is 2.93. The molecule has 0 bridgehead atoms. The third-order valence-electron chi connectivity index (χ3n) is 3.55. The summed E-state index contributed by atoms with van der Waals surface area (Å²) in [5, 5.41) is 12.8. The number of aryl methyl sites for hydroxylation is 1. The molecular formula is C16H21N3O2S. The van der Waals surface area contributed by atoms with Crippen molar-refractivity contribution in [2.75, 3.05) is 6.26 Å². The van der Waals surface area contributed by atoms with Crippen molar-refractivity contribution in [3.63, 3.8) is 0 Å². The molecule has 22 heavy (non-hydrogen) atoms. The van der Waals surface area contributed by atoms with Crippen LogP contribution in [0.15, 0.2) is 41.7 Å². The van der Waals surface area contributed by atoms with Gasteiger partial charge in [-0.1, -0.05) is 18.2 Å². The first-order valence-corrected chi connectivity index (χ1v) is 8.44. The fourth-order valence-electron chi connectivity index (χ4n) is 2.28. The predicted molar refractivity (Wildman–Crippen MR) is 88.1 cm³/mol. The van der Waals surface area contributed by atoms with E-state index in [4.69, 9.17) is 0 Å². The maximum absolute atomic E-state index is 12.0. The molecule has 6 heteroatoms. The van der Waals surface area contributed by atoms with E-state index in [-0.39, 0.29) is 11.9 Å². The SMILES string of the molecule is CSc1ccccc1CC[C@@H](NC(=O)c1c[nH]cn1)[C@H](C)O. The van der Waals surface area contributed by atoms with Crippen LogP contribution in [-0.4, -0.2) is 39.4 Å². The van der Waals surface area contributed by atoms with Crippen LogP contribution in [0.2, 0.25) is 0 Å². The number of carbonyl (C=O) groups excluding carboxylic acids is 1. The Morgan fingerprint density at radius 2 is 2.23 bits per heavy atom. The molecule has 118 valence electrons. The minimum atomic E-state index is -0.621. The number of aromatic amines is 1. The van der Waals surface area contributed by atoms with E-state index in [1.54, 1.807) is 18.7 Å². The van der Waals surface area contributed by atoms with Crippen LogP contribution < -0.4 is 5.32 Å². The standard InChI is InChI=1S/C16H21N3O2S/c1-11(20)13(19-16(21)14-9-17-10-18-14)8-7-12-5-3-4-6-15(12)22-2/h3-6,9-11,13,20H,7-8H2,1-2H3,(H,17,18)(H,19,21)/t11-,13+/m0/s1. The largest absolute Gasteiger partial charge is 0.391 e. The summed E-state index contributed by atoms with van der Waals surface area (Å²) in [6.45, 7) is 1.69. The number of rotatable bonds is 7. The molecule has 0 radical (unpaired) electrons. The Balaban J connectivity index is 1.99. The quantitative estimate of drug-likeness (QED) is 0.684. The van der Waals surface area contributed by atoms with E-state index in [0.717, 1.165) is 6.42 Å². The Hall–Kier alpha value is -1.79. The molecule has 0 aliphatic heterocycles. The van der Waals surface area contributed by atoms with Gasteiger partial charge in [0.05, 0.1) is 18.5 Å². The van der Waals surface area contributed by atoms with Gasteiger partial charge in [0.25, 0.3) is 5.91 Å². The number of aliphatic hydroxyl groups is 1. The first-order valence-electron chi connectivity index (χ1n) is 7.21. The van der Waals surface area contributed by atoms with Crippen LogP contribution in [0, 0.1) is 0 Å². The highest BCUT2D eigenvalue weighted by atomic mass is 32.2. The van der Waals surface area contributed by atoms with Crippen LogP contribution in [0.4, 0.5) is 0 Å². The number of nitrogens with one attached hydrogen (secondary N) is 2. The zero-order valence-corrected chi connectivity index (χ0v) is 13.6. The van der Waals surface area contributed by atoms with Crippen molar-refractivity contribution in [1.82, 2.24) is 15.3 Å². The number of amides is 1.